The molecule has 2 rings (SSSR count). The van der Waals surface area contributed by atoms with Gasteiger partial charge < -0.3 is 12.2 Å². The summed E-state index contributed by atoms with van der Waals surface area (Å²) in [5.74, 6) is 0. The van der Waals surface area contributed by atoms with Crippen LogP contribution < -0.4 is 51.4 Å². The van der Waals surface area contributed by atoms with Crippen molar-refractivity contribution in [3.63, 3.8) is 0 Å². The number of fused-ring (bicyclic) bond motifs is 1. The van der Waals surface area contributed by atoms with Gasteiger partial charge >= 0.3 is 51.4 Å². The van der Waals surface area contributed by atoms with E-state index in [0.717, 1.165) is 13.2 Å². The molecule has 0 saturated carbocycles. The zero-order chi connectivity index (χ0) is 6.10. The van der Waals surface area contributed by atoms with Crippen molar-refractivity contribution < 1.29 is 56.1 Å². The quantitative estimate of drug-likeness (QED) is 0.360. The third-order valence-corrected chi connectivity index (χ3v) is 1.54. The summed E-state index contributed by atoms with van der Waals surface area (Å²) >= 11 is 0. The molecule has 1 nitrogen and oxygen atoms in total. The normalized spacial score (nSPS) is 12.7. The number of ether oxygens (including phenoxy) is 1. The summed E-state index contributed by atoms with van der Waals surface area (Å²) in [5, 5.41) is 0. The number of hydrogen-bond donors (Lipinski definition) is 0. The van der Waals surface area contributed by atoms with Gasteiger partial charge in [-0.05, 0) is 0 Å². The van der Waals surface area contributed by atoms with Gasteiger partial charge in [-0.2, -0.15) is 24.3 Å². The molecular formula is C9H10KO-. The van der Waals surface area contributed by atoms with Gasteiger partial charge in [0.25, 0.3) is 0 Å². The maximum Gasteiger partial charge on any atom is 1.00 e. The molecule has 1 aliphatic rings. The van der Waals surface area contributed by atoms with E-state index in [1.54, 1.807) is 0 Å². The molecule has 1 aliphatic heterocycles. The SMILES string of the molecule is [CH3-].[K+].[c-]1cccc2c1COC2. The Morgan fingerprint density at radius 1 is 1.36 bits per heavy atom. The van der Waals surface area contributed by atoms with Crippen LogP contribution in [-0.4, -0.2) is 0 Å². The van der Waals surface area contributed by atoms with Crippen molar-refractivity contribution in [3.05, 3.63) is 42.8 Å². The molecule has 11 heavy (non-hydrogen) atoms. The van der Waals surface area contributed by atoms with Crippen LogP contribution in [0.1, 0.15) is 11.1 Å². The largest absolute Gasteiger partial charge is 1.00 e. The molecule has 1 aromatic rings. The average molecular weight is 173 g/mol. The Bertz CT molecular complexity index is 200. The smallest absolute Gasteiger partial charge is 0.387 e. The fourth-order valence-corrected chi connectivity index (χ4v) is 1.04. The fourth-order valence-electron chi connectivity index (χ4n) is 1.04. The number of rotatable bonds is 0. The summed E-state index contributed by atoms with van der Waals surface area (Å²) in [6.45, 7) is 1.52. The Kier molecular flexibility index (Phi) is 5.87. The Balaban J connectivity index is 0.000000500. The first kappa shape index (κ1) is 11.8. The summed E-state index contributed by atoms with van der Waals surface area (Å²) in [7, 11) is 0. The van der Waals surface area contributed by atoms with Crippen LogP contribution in [0.5, 0.6) is 0 Å². The van der Waals surface area contributed by atoms with Crippen LogP contribution in [-0.2, 0) is 18.0 Å². The molecule has 0 aromatic heterocycles. The van der Waals surface area contributed by atoms with Crippen LogP contribution in [0.15, 0.2) is 18.2 Å². The van der Waals surface area contributed by atoms with Gasteiger partial charge in [0.1, 0.15) is 0 Å². The number of benzene rings is 1. The molecule has 0 unspecified atom stereocenters. The molecule has 1 heterocycles. The molecule has 0 fully saturated rings. The van der Waals surface area contributed by atoms with E-state index in [1.165, 1.54) is 11.1 Å². The first-order valence-corrected chi connectivity index (χ1v) is 3.03. The Hall–Kier alpha value is 0.816. The van der Waals surface area contributed by atoms with Crippen molar-refractivity contribution in [2.24, 2.45) is 0 Å². The minimum absolute atomic E-state index is 0. The Morgan fingerprint density at radius 2 is 2.18 bits per heavy atom. The van der Waals surface area contributed by atoms with E-state index in [2.05, 4.69) is 12.1 Å². The molecule has 2 heteroatoms. The van der Waals surface area contributed by atoms with Gasteiger partial charge in [-0.3, -0.25) is 0 Å². The van der Waals surface area contributed by atoms with E-state index >= 15 is 0 Å². The second-order valence-electron chi connectivity index (χ2n) is 2.17. The van der Waals surface area contributed by atoms with E-state index in [1.807, 2.05) is 12.1 Å². The third kappa shape index (κ3) is 2.65. The summed E-state index contributed by atoms with van der Waals surface area (Å²) in [6.07, 6.45) is 0. The van der Waals surface area contributed by atoms with Crippen LogP contribution in [0, 0.1) is 13.5 Å². The number of hydrogen-bond acceptors (Lipinski definition) is 1. The molecule has 0 N–H and O–H groups in total. The second-order valence-corrected chi connectivity index (χ2v) is 2.17. The van der Waals surface area contributed by atoms with Crippen molar-refractivity contribution in [1.29, 1.82) is 0 Å². The minimum Gasteiger partial charge on any atom is -0.387 e. The van der Waals surface area contributed by atoms with Gasteiger partial charge in [-0.1, -0.05) is 0 Å². The van der Waals surface area contributed by atoms with E-state index in [-0.39, 0.29) is 58.8 Å². The second kappa shape index (κ2) is 5.46. The van der Waals surface area contributed by atoms with Crippen LogP contribution in [0.25, 0.3) is 0 Å². The van der Waals surface area contributed by atoms with Gasteiger partial charge in [0.2, 0.25) is 0 Å². The van der Waals surface area contributed by atoms with Crippen LogP contribution in [0.2, 0.25) is 0 Å². The van der Waals surface area contributed by atoms with E-state index in [9.17, 15) is 0 Å². The summed E-state index contributed by atoms with van der Waals surface area (Å²) < 4.78 is 5.18. The predicted octanol–water partition coefficient (Wildman–Crippen LogP) is -1.03. The average Bonchev–Trinajstić information content (AvgIpc) is 2.33. The fraction of sp³-hybridized carbons (Fsp3) is 0.222. The van der Waals surface area contributed by atoms with Gasteiger partial charge in [-0.15, -0.1) is 11.1 Å². The maximum atomic E-state index is 5.18. The van der Waals surface area contributed by atoms with E-state index in [0.29, 0.717) is 0 Å². The Labute approximate surface area is 111 Å². The van der Waals surface area contributed by atoms with Crippen LogP contribution in [0.4, 0.5) is 0 Å². The monoisotopic (exact) mass is 173 g/mol. The molecule has 0 radical (unpaired) electrons. The van der Waals surface area contributed by atoms with Crippen molar-refractivity contribution >= 4 is 0 Å². The van der Waals surface area contributed by atoms with Gasteiger partial charge in [-0.25, -0.2) is 0 Å². The molecule has 0 bridgehead atoms. The molecule has 0 atom stereocenters. The molecule has 54 valence electrons. The zero-order valence-corrected chi connectivity index (χ0v) is 10.2. The molecular weight excluding hydrogens is 163 g/mol. The topological polar surface area (TPSA) is 9.23 Å². The molecule has 1 aromatic carbocycles. The van der Waals surface area contributed by atoms with Gasteiger partial charge in [0.05, 0.1) is 0 Å². The minimum atomic E-state index is 0. The first-order chi connectivity index (χ1) is 4.47. The van der Waals surface area contributed by atoms with Crippen molar-refractivity contribution in [1.82, 2.24) is 0 Å². The van der Waals surface area contributed by atoms with Crippen molar-refractivity contribution in [3.8, 4) is 0 Å². The zero-order valence-electron chi connectivity index (χ0n) is 7.05. The van der Waals surface area contributed by atoms with Crippen LogP contribution >= 0.6 is 0 Å². The van der Waals surface area contributed by atoms with Gasteiger partial charge in [0.15, 0.2) is 0 Å². The Morgan fingerprint density at radius 3 is 2.91 bits per heavy atom. The predicted molar refractivity (Wildman–Crippen MR) is 40.2 cm³/mol. The van der Waals surface area contributed by atoms with Crippen molar-refractivity contribution in [2.75, 3.05) is 0 Å². The van der Waals surface area contributed by atoms with Gasteiger partial charge in [0, 0.05) is 13.2 Å². The molecule has 0 amide bonds. The molecule has 0 aliphatic carbocycles. The summed E-state index contributed by atoms with van der Waals surface area (Å²) in [4.78, 5) is 0. The van der Waals surface area contributed by atoms with E-state index < -0.39 is 0 Å². The van der Waals surface area contributed by atoms with E-state index in [4.69, 9.17) is 4.74 Å². The summed E-state index contributed by atoms with van der Waals surface area (Å²) in [5.41, 5.74) is 2.51. The molecule has 0 spiro atoms. The van der Waals surface area contributed by atoms with Crippen molar-refractivity contribution in [2.45, 2.75) is 13.2 Å². The third-order valence-electron chi connectivity index (χ3n) is 1.54. The maximum absolute atomic E-state index is 5.18. The standard InChI is InChI=1S/C8H7O.CH3.K/c1-2-4-8-6-9-5-7(8)3-1;;/h1-3H,5-6H2;1H3;/q2*-1;+1. The first-order valence-electron chi connectivity index (χ1n) is 3.03. The van der Waals surface area contributed by atoms with Crippen LogP contribution in [0.3, 0.4) is 0 Å². The molecule has 0 saturated heterocycles. The summed E-state index contributed by atoms with van der Waals surface area (Å²) in [6, 6.07) is 9.12.